The Morgan fingerprint density at radius 3 is 2.88 bits per heavy atom. The Morgan fingerprint density at radius 1 is 1.19 bits per heavy atom. The zero-order valence-electron chi connectivity index (χ0n) is 14.3. The number of aryl methyl sites for hydroxylation is 1. The van der Waals surface area contributed by atoms with Crippen molar-refractivity contribution in [2.45, 2.75) is 17.8 Å². The SMILES string of the molecule is Cc1ccc2c(CSc3nnc(-c4cccnc4)n3C)cc(=O)oc2c1. The summed E-state index contributed by atoms with van der Waals surface area (Å²) in [4.78, 5) is 16.0. The second-order valence-electron chi connectivity index (χ2n) is 5.99. The predicted octanol–water partition coefficient (Wildman–Crippen LogP) is 3.58. The molecule has 0 fully saturated rings. The number of nitrogens with zero attached hydrogens (tertiary/aromatic N) is 4. The molecule has 7 heteroatoms. The fraction of sp³-hybridized carbons (Fsp3) is 0.158. The van der Waals surface area contributed by atoms with Crippen LogP contribution in [0, 0.1) is 6.92 Å². The molecule has 0 aliphatic carbocycles. The number of rotatable bonds is 4. The minimum absolute atomic E-state index is 0.340. The van der Waals surface area contributed by atoms with E-state index in [-0.39, 0.29) is 5.63 Å². The Morgan fingerprint density at radius 2 is 2.08 bits per heavy atom. The van der Waals surface area contributed by atoms with Crippen LogP contribution in [0.1, 0.15) is 11.1 Å². The molecule has 0 spiro atoms. The van der Waals surface area contributed by atoms with Gasteiger partial charge in [-0.1, -0.05) is 23.9 Å². The van der Waals surface area contributed by atoms with Gasteiger partial charge >= 0.3 is 5.63 Å². The highest BCUT2D eigenvalue weighted by molar-refractivity contribution is 7.98. The molecule has 3 heterocycles. The Bertz CT molecular complexity index is 1140. The highest BCUT2D eigenvalue weighted by atomic mass is 32.2. The van der Waals surface area contributed by atoms with Crippen LogP contribution < -0.4 is 5.63 Å². The van der Waals surface area contributed by atoms with Gasteiger partial charge in [-0.15, -0.1) is 10.2 Å². The van der Waals surface area contributed by atoms with E-state index in [2.05, 4.69) is 15.2 Å². The van der Waals surface area contributed by atoms with Gasteiger partial charge in [-0.2, -0.15) is 0 Å². The summed E-state index contributed by atoms with van der Waals surface area (Å²) in [7, 11) is 1.92. The van der Waals surface area contributed by atoms with Crippen LogP contribution in [0.3, 0.4) is 0 Å². The average Bonchev–Trinajstić information content (AvgIpc) is 3.00. The van der Waals surface area contributed by atoms with Crippen molar-refractivity contribution < 1.29 is 4.42 Å². The average molecular weight is 364 g/mol. The van der Waals surface area contributed by atoms with Crippen LogP contribution in [0.15, 0.2) is 63.2 Å². The fourth-order valence-corrected chi connectivity index (χ4v) is 3.69. The predicted molar refractivity (Wildman–Crippen MR) is 101 cm³/mol. The van der Waals surface area contributed by atoms with E-state index in [9.17, 15) is 4.79 Å². The number of aromatic nitrogens is 4. The monoisotopic (exact) mass is 364 g/mol. The van der Waals surface area contributed by atoms with Gasteiger partial charge < -0.3 is 8.98 Å². The molecule has 0 saturated carbocycles. The molecule has 0 amide bonds. The molecule has 3 aromatic heterocycles. The molecule has 0 aliphatic heterocycles. The minimum Gasteiger partial charge on any atom is -0.423 e. The number of pyridine rings is 1. The Labute approximate surface area is 153 Å². The van der Waals surface area contributed by atoms with Crippen molar-refractivity contribution in [2.24, 2.45) is 7.05 Å². The Hall–Kier alpha value is -2.93. The van der Waals surface area contributed by atoms with Gasteiger partial charge in [-0.3, -0.25) is 4.98 Å². The maximum Gasteiger partial charge on any atom is 0.336 e. The molecule has 0 atom stereocenters. The van der Waals surface area contributed by atoms with Crippen molar-refractivity contribution in [3.05, 3.63) is 70.3 Å². The van der Waals surface area contributed by atoms with Crippen molar-refractivity contribution in [3.8, 4) is 11.4 Å². The molecule has 4 aromatic rings. The van der Waals surface area contributed by atoms with E-state index in [4.69, 9.17) is 4.42 Å². The summed E-state index contributed by atoms with van der Waals surface area (Å²) in [6.07, 6.45) is 3.49. The minimum atomic E-state index is -0.340. The first-order valence-corrected chi connectivity index (χ1v) is 9.06. The van der Waals surface area contributed by atoms with Gasteiger partial charge in [-0.05, 0) is 36.2 Å². The zero-order chi connectivity index (χ0) is 18.1. The van der Waals surface area contributed by atoms with Crippen LogP contribution in [0.5, 0.6) is 0 Å². The van der Waals surface area contributed by atoms with Gasteiger partial charge in [0.1, 0.15) is 5.58 Å². The second-order valence-corrected chi connectivity index (χ2v) is 6.93. The standard InChI is InChI=1S/C19H16N4O2S/c1-12-5-6-15-14(9-17(24)25-16(15)8-12)11-26-19-22-21-18(23(19)2)13-4-3-7-20-10-13/h3-10H,11H2,1-2H3. The summed E-state index contributed by atoms with van der Waals surface area (Å²) in [6.45, 7) is 1.97. The van der Waals surface area contributed by atoms with Crippen LogP contribution in [-0.2, 0) is 12.8 Å². The molecule has 0 aliphatic rings. The smallest absolute Gasteiger partial charge is 0.336 e. The summed E-state index contributed by atoms with van der Waals surface area (Å²) in [5.74, 6) is 1.36. The van der Waals surface area contributed by atoms with E-state index >= 15 is 0 Å². The van der Waals surface area contributed by atoms with Gasteiger partial charge in [0.05, 0.1) is 0 Å². The van der Waals surface area contributed by atoms with E-state index in [1.165, 1.54) is 11.8 Å². The third-order valence-corrected chi connectivity index (χ3v) is 5.17. The second kappa shape index (κ2) is 6.76. The summed E-state index contributed by atoms with van der Waals surface area (Å²) >= 11 is 1.53. The maximum atomic E-state index is 11.9. The van der Waals surface area contributed by atoms with E-state index in [0.717, 1.165) is 33.1 Å². The first-order chi connectivity index (χ1) is 12.6. The highest BCUT2D eigenvalue weighted by Crippen LogP contribution is 2.27. The Kier molecular flexibility index (Phi) is 4.30. The van der Waals surface area contributed by atoms with Crippen molar-refractivity contribution in [1.82, 2.24) is 19.7 Å². The van der Waals surface area contributed by atoms with Crippen LogP contribution in [0.25, 0.3) is 22.4 Å². The van der Waals surface area contributed by atoms with E-state index < -0.39 is 0 Å². The van der Waals surface area contributed by atoms with Crippen LogP contribution >= 0.6 is 11.8 Å². The largest absolute Gasteiger partial charge is 0.423 e. The van der Waals surface area contributed by atoms with Crippen LogP contribution in [0.2, 0.25) is 0 Å². The molecule has 0 bridgehead atoms. The van der Waals surface area contributed by atoms with Crippen molar-refractivity contribution in [2.75, 3.05) is 0 Å². The lowest BCUT2D eigenvalue weighted by atomic mass is 10.1. The molecule has 0 unspecified atom stereocenters. The summed E-state index contributed by atoms with van der Waals surface area (Å²) < 4.78 is 7.25. The van der Waals surface area contributed by atoms with Gasteiger partial charge in [0, 0.05) is 42.2 Å². The van der Waals surface area contributed by atoms with E-state index in [1.54, 1.807) is 18.5 Å². The van der Waals surface area contributed by atoms with Gasteiger partial charge in [0.2, 0.25) is 0 Å². The number of benzene rings is 1. The molecule has 0 N–H and O–H groups in total. The molecule has 0 saturated heterocycles. The topological polar surface area (TPSA) is 73.8 Å². The number of thioether (sulfide) groups is 1. The molecular weight excluding hydrogens is 348 g/mol. The first-order valence-electron chi connectivity index (χ1n) is 8.08. The van der Waals surface area contributed by atoms with Crippen molar-refractivity contribution in [1.29, 1.82) is 0 Å². The molecule has 0 radical (unpaired) electrons. The third kappa shape index (κ3) is 3.13. The van der Waals surface area contributed by atoms with Gasteiger partial charge in [-0.25, -0.2) is 4.79 Å². The first kappa shape index (κ1) is 16.5. The van der Waals surface area contributed by atoms with Crippen molar-refractivity contribution >= 4 is 22.7 Å². The summed E-state index contributed by atoms with van der Waals surface area (Å²) in [6, 6.07) is 11.2. The van der Waals surface area contributed by atoms with Crippen LogP contribution in [-0.4, -0.2) is 19.7 Å². The molecule has 6 nitrogen and oxygen atoms in total. The maximum absolute atomic E-state index is 11.9. The number of hydrogen-bond donors (Lipinski definition) is 0. The molecule has 130 valence electrons. The molecule has 1 aromatic carbocycles. The normalized spacial score (nSPS) is 11.2. The number of hydrogen-bond acceptors (Lipinski definition) is 6. The highest BCUT2D eigenvalue weighted by Gasteiger charge is 2.13. The van der Waals surface area contributed by atoms with E-state index in [1.807, 2.05) is 48.9 Å². The Balaban J connectivity index is 1.64. The number of fused-ring (bicyclic) bond motifs is 1. The van der Waals surface area contributed by atoms with E-state index in [0.29, 0.717) is 11.3 Å². The molecule has 26 heavy (non-hydrogen) atoms. The lowest BCUT2D eigenvalue weighted by Crippen LogP contribution is -2.01. The summed E-state index contributed by atoms with van der Waals surface area (Å²) in [5.41, 5.74) is 3.16. The van der Waals surface area contributed by atoms with Gasteiger partial charge in [0.15, 0.2) is 11.0 Å². The lowest BCUT2D eigenvalue weighted by molar-refractivity contribution is 0.559. The fourth-order valence-electron chi connectivity index (χ4n) is 2.79. The zero-order valence-corrected chi connectivity index (χ0v) is 15.2. The molecular formula is C19H16N4O2S. The lowest BCUT2D eigenvalue weighted by Gasteiger charge is -2.06. The van der Waals surface area contributed by atoms with Crippen LogP contribution in [0.4, 0.5) is 0 Å². The molecule has 4 rings (SSSR count). The third-order valence-electron chi connectivity index (χ3n) is 4.10. The van der Waals surface area contributed by atoms with Crippen molar-refractivity contribution in [3.63, 3.8) is 0 Å². The quantitative estimate of drug-likeness (QED) is 0.407. The van der Waals surface area contributed by atoms with Gasteiger partial charge in [0.25, 0.3) is 0 Å². The summed E-state index contributed by atoms with van der Waals surface area (Å²) in [5, 5.41) is 10.2.